The van der Waals surface area contributed by atoms with E-state index in [4.69, 9.17) is 16.3 Å². The second kappa shape index (κ2) is 8.86. The molecule has 17 heavy (non-hydrogen) atoms. The van der Waals surface area contributed by atoms with E-state index in [0.717, 1.165) is 11.6 Å². The van der Waals surface area contributed by atoms with E-state index < -0.39 is 8.07 Å². The first-order valence-corrected chi connectivity index (χ1v) is 10.1. The van der Waals surface area contributed by atoms with Gasteiger partial charge in [0.25, 0.3) is 0 Å². The van der Waals surface area contributed by atoms with Gasteiger partial charge >= 0.3 is 0 Å². The second-order valence-corrected chi connectivity index (χ2v) is 11.5. The Morgan fingerprint density at radius 2 is 2.12 bits per heavy atom. The summed E-state index contributed by atoms with van der Waals surface area (Å²) < 4.78 is 5.52. The summed E-state index contributed by atoms with van der Waals surface area (Å²) in [6.07, 6.45) is 3.53. The van der Waals surface area contributed by atoms with Crippen LogP contribution in [0, 0.1) is 0 Å². The van der Waals surface area contributed by atoms with Gasteiger partial charge in [0.2, 0.25) is 0 Å². The van der Waals surface area contributed by atoms with E-state index in [0.29, 0.717) is 6.73 Å². The molecule has 3 nitrogen and oxygen atoms in total. The zero-order valence-electron chi connectivity index (χ0n) is 11.6. The van der Waals surface area contributed by atoms with Crippen LogP contribution in [0.3, 0.4) is 0 Å². The van der Waals surface area contributed by atoms with Crippen molar-refractivity contribution in [1.29, 1.82) is 0 Å². The summed E-state index contributed by atoms with van der Waals surface area (Å²) in [7, 11) is -0.973. The molecular weight excluding hydrogens is 252 g/mol. The molecule has 5 heteroatoms. The topological polar surface area (TPSA) is 33.6 Å². The first-order chi connectivity index (χ1) is 7.81. The fourth-order valence-electron chi connectivity index (χ4n) is 0.958. The number of ether oxygens (including phenoxy) is 1. The summed E-state index contributed by atoms with van der Waals surface area (Å²) in [6, 6.07) is 1.19. The van der Waals surface area contributed by atoms with E-state index >= 15 is 0 Å². The Morgan fingerprint density at radius 1 is 1.47 bits per heavy atom. The van der Waals surface area contributed by atoms with E-state index in [9.17, 15) is 0 Å². The van der Waals surface area contributed by atoms with E-state index in [1.54, 1.807) is 12.3 Å². The third kappa shape index (κ3) is 13.8. The molecule has 100 valence electrons. The highest BCUT2D eigenvalue weighted by molar-refractivity contribution is 6.76. The van der Waals surface area contributed by atoms with Crippen molar-refractivity contribution in [1.82, 2.24) is 5.32 Å². The van der Waals surface area contributed by atoms with Crippen molar-refractivity contribution in [3.05, 3.63) is 11.1 Å². The maximum Gasteiger partial charge on any atom is 0.0982 e. The second-order valence-electron chi connectivity index (χ2n) is 5.29. The molecular formula is C12H25ClN2OSi. The van der Waals surface area contributed by atoms with Gasteiger partial charge in [-0.25, -0.2) is 0 Å². The Hall–Kier alpha value is -0.163. The zero-order valence-corrected chi connectivity index (χ0v) is 13.3. The van der Waals surface area contributed by atoms with Crippen molar-refractivity contribution in [2.24, 2.45) is 4.99 Å². The lowest BCUT2D eigenvalue weighted by Gasteiger charge is -2.16. The molecule has 0 aromatic carbocycles. The lowest BCUT2D eigenvalue weighted by atomic mass is 10.5. The minimum atomic E-state index is -0.973. The Morgan fingerprint density at radius 3 is 2.65 bits per heavy atom. The molecule has 0 aromatic rings. The van der Waals surface area contributed by atoms with Crippen molar-refractivity contribution in [3.8, 4) is 0 Å². The van der Waals surface area contributed by atoms with Gasteiger partial charge in [0.05, 0.1) is 12.9 Å². The quantitative estimate of drug-likeness (QED) is 0.319. The summed E-state index contributed by atoms with van der Waals surface area (Å²) >= 11 is 5.68. The molecule has 0 aliphatic carbocycles. The summed E-state index contributed by atoms with van der Waals surface area (Å²) in [5, 5.41) is 3.89. The molecule has 0 aliphatic rings. The molecule has 0 bridgehead atoms. The first kappa shape index (κ1) is 16.8. The highest BCUT2D eigenvalue weighted by atomic mass is 35.5. The van der Waals surface area contributed by atoms with E-state index in [2.05, 4.69) is 30.0 Å². The molecule has 0 saturated carbocycles. The molecule has 0 aromatic heterocycles. The van der Waals surface area contributed by atoms with Gasteiger partial charge in [-0.05, 0) is 26.0 Å². The normalized spacial score (nSPS) is 15.5. The third-order valence-electron chi connectivity index (χ3n) is 2.09. The summed E-state index contributed by atoms with van der Waals surface area (Å²) in [6.45, 7) is 12.2. The van der Waals surface area contributed by atoms with E-state index in [1.165, 1.54) is 6.04 Å². The molecule has 0 radical (unpaired) electrons. The van der Waals surface area contributed by atoms with Gasteiger partial charge in [-0.1, -0.05) is 31.2 Å². The molecule has 0 rings (SSSR count). The Labute approximate surface area is 111 Å². The number of nitrogens with zero attached hydrogens (tertiary/aromatic N) is 1. The van der Waals surface area contributed by atoms with Crippen LogP contribution in [0.4, 0.5) is 0 Å². The lowest BCUT2D eigenvalue weighted by molar-refractivity contribution is 0.121. The highest BCUT2D eigenvalue weighted by Gasteiger charge is 2.11. The SMILES string of the molecule is C/C(Cl)=C\C=N/C(C)NCOCC[Si](C)(C)C. The van der Waals surface area contributed by atoms with Gasteiger partial charge in [-0.15, -0.1) is 0 Å². The Kier molecular flexibility index (Phi) is 8.77. The van der Waals surface area contributed by atoms with Crippen LogP contribution in [0.15, 0.2) is 16.1 Å². The van der Waals surface area contributed by atoms with Crippen LogP contribution in [0.2, 0.25) is 25.7 Å². The summed E-state index contributed by atoms with van der Waals surface area (Å²) in [5.41, 5.74) is 0. The van der Waals surface area contributed by atoms with E-state index in [1.807, 2.05) is 13.8 Å². The molecule has 0 heterocycles. The number of nitrogens with one attached hydrogen (secondary N) is 1. The van der Waals surface area contributed by atoms with Gasteiger partial charge < -0.3 is 4.74 Å². The standard InChI is InChI=1S/C12H25ClN2OSi/c1-11(13)6-7-14-12(2)15-10-16-8-9-17(3,4)5/h6-7,12,15H,8-10H2,1-5H3/b11-6+,14-7-. The number of hydrogen-bond acceptors (Lipinski definition) is 3. The van der Waals surface area contributed by atoms with E-state index in [-0.39, 0.29) is 6.17 Å². The number of rotatable bonds is 8. The predicted octanol–water partition coefficient (Wildman–Crippen LogP) is 3.45. The van der Waals surface area contributed by atoms with Crippen LogP contribution in [0.5, 0.6) is 0 Å². The molecule has 1 atom stereocenters. The van der Waals surface area contributed by atoms with Crippen molar-refractivity contribution >= 4 is 25.9 Å². The molecule has 0 amide bonds. The maximum atomic E-state index is 5.68. The predicted molar refractivity (Wildman–Crippen MR) is 79.7 cm³/mol. The van der Waals surface area contributed by atoms with Crippen molar-refractivity contribution in [2.45, 2.75) is 45.7 Å². The first-order valence-electron chi connectivity index (χ1n) is 5.98. The van der Waals surface area contributed by atoms with Crippen LogP contribution >= 0.6 is 11.6 Å². The third-order valence-corrected chi connectivity index (χ3v) is 3.92. The minimum absolute atomic E-state index is 0.0501. The smallest absolute Gasteiger partial charge is 0.0982 e. The van der Waals surface area contributed by atoms with Crippen LogP contribution in [-0.2, 0) is 4.74 Å². The van der Waals surface area contributed by atoms with Gasteiger partial charge in [0.1, 0.15) is 0 Å². The summed E-state index contributed by atoms with van der Waals surface area (Å²) in [5.74, 6) is 0. The number of hydrogen-bond donors (Lipinski definition) is 1. The zero-order chi connectivity index (χ0) is 13.3. The van der Waals surface area contributed by atoms with Gasteiger partial charge in [0.15, 0.2) is 0 Å². The number of allylic oxidation sites excluding steroid dienone is 2. The molecule has 0 fully saturated rings. The van der Waals surface area contributed by atoms with Gasteiger partial charge in [-0.3, -0.25) is 10.3 Å². The Bertz CT molecular complexity index is 258. The molecule has 0 spiro atoms. The minimum Gasteiger partial charge on any atom is -0.367 e. The average Bonchev–Trinajstić information content (AvgIpc) is 2.14. The van der Waals surface area contributed by atoms with Gasteiger partial charge in [-0.2, -0.15) is 0 Å². The van der Waals surface area contributed by atoms with Crippen molar-refractivity contribution < 1.29 is 4.74 Å². The van der Waals surface area contributed by atoms with Crippen LogP contribution < -0.4 is 5.32 Å². The highest BCUT2D eigenvalue weighted by Crippen LogP contribution is 2.07. The molecule has 1 unspecified atom stereocenters. The van der Waals surface area contributed by atoms with Crippen LogP contribution in [0.1, 0.15) is 13.8 Å². The maximum absolute atomic E-state index is 5.68. The lowest BCUT2D eigenvalue weighted by Crippen LogP contribution is -2.28. The van der Waals surface area contributed by atoms with Crippen molar-refractivity contribution in [3.63, 3.8) is 0 Å². The average molecular weight is 277 g/mol. The van der Waals surface area contributed by atoms with Crippen molar-refractivity contribution in [2.75, 3.05) is 13.3 Å². The fourth-order valence-corrected chi connectivity index (χ4v) is 1.77. The molecule has 0 aliphatic heterocycles. The monoisotopic (exact) mass is 276 g/mol. The summed E-state index contributed by atoms with van der Waals surface area (Å²) in [4.78, 5) is 4.24. The molecule has 1 N–H and O–H groups in total. The number of halogens is 1. The number of aliphatic imine (C=N–C) groups is 1. The van der Waals surface area contributed by atoms with Crippen LogP contribution in [0.25, 0.3) is 0 Å². The molecule has 0 saturated heterocycles. The fraction of sp³-hybridized carbons (Fsp3) is 0.750. The Balaban J connectivity index is 3.55. The largest absolute Gasteiger partial charge is 0.367 e. The van der Waals surface area contributed by atoms with Crippen LogP contribution in [-0.4, -0.2) is 33.8 Å². The van der Waals surface area contributed by atoms with Gasteiger partial charge in [0, 0.05) is 25.9 Å².